The fourth-order valence-corrected chi connectivity index (χ4v) is 1.37. The molecule has 2 N–H and O–H groups in total. The van der Waals surface area contributed by atoms with E-state index in [1.807, 2.05) is 0 Å². The molecule has 1 amide bonds. The Bertz CT molecular complexity index is 545. The first-order valence-corrected chi connectivity index (χ1v) is 5.23. The average Bonchev–Trinajstić information content (AvgIpc) is 2.46. The van der Waals surface area contributed by atoms with Gasteiger partial charge in [0.05, 0.1) is 7.11 Å². The Morgan fingerprint density at radius 2 is 2.11 bits per heavy atom. The van der Waals surface area contributed by atoms with Gasteiger partial charge in [0.15, 0.2) is 5.82 Å². The highest BCUT2D eigenvalue weighted by atomic mass is 16.5. The van der Waals surface area contributed by atoms with Crippen LogP contribution < -0.4 is 15.6 Å². The summed E-state index contributed by atoms with van der Waals surface area (Å²) < 4.78 is 4.97. The summed E-state index contributed by atoms with van der Waals surface area (Å²) >= 11 is 0. The zero-order chi connectivity index (χ0) is 13.0. The van der Waals surface area contributed by atoms with Gasteiger partial charge in [-0.25, -0.2) is 10.9 Å². The van der Waals surface area contributed by atoms with Crippen molar-refractivity contribution in [1.29, 1.82) is 0 Å². The molecule has 2 heterocycles. The molecule has 0 spiro atoms. The summed E-state index contributed by atoms with van der Waals surface area (Å²) in [6.07, 6.45) is 1.53. The summed E-state index contributed by atoms with van der Waals surface area (Å²) in [6.45, 7) is 0. The maximum atomic E-state index is 12.0. The molecule has 2 aromatic rings. The van der Waals surface area contributed by atoms with Gasteiger partial charge in [-0.05, 0) is 18.2 Å². The fourth-order valence-electron chi connectivity index (χ4n) is 1.37. The number of aromatic nitrogens is 2. The van der Waals surface area contributed by atoms with Crippen molar-refractivity contribution < 1.29 is 9.53 Å². The van der Waals surface area contributed by atoms with E-state index in [1.54, 1.807) is 36.4 Å². The molecule has 0 saturated carbocycles. The van der Waals surface area contributed by atoms with Gasteiger partial charge in [-0.3, -0.25) is 9.78 Å². The molecule has 0 aliphatic carbocycles. The third-order valence-corrected chi connectivity index (χ3v) is 2.27. The number of nitrogens with two attached hydrogens (primary N) is 1. The highest BCUT2D eigenvalue weighted by Gasteiger charge is 2.16. The number of nitrogens with zero attached hydrogens (tertiary/aromatic N) is 3. The van der Waals surface area contributed by atoms with Crippen molar-refractivity contribution >= 4 is 11.7 Å². The molecule has 0 aromatic carbocycles. The molecule has 0 radical (unpaired) electrons. The molecule has 6 nitrogen and oxygen atoms in total. The summed E-state index contributed by atoms with van der Waals surface area (Å²) in [4.78, 5) is 20.0. The van der Waals surface area contributed by atoms with Gasteiger partial charge < -0.3 is 4.74 Å². The maximum absolute atomic E-state index is 12.0. The Labute approximate surface area is 104 Å². The minimum absolute atomic E-state index is 0.254. The monoisotopic (exact) mass is 244 g/mol. The smallest absolute Gasteiger partial charge is 0.292 e. The topological polar surface area (TPSA) is 81.3 Å². The minimum atomic E-state index is -0.434. The van der Waals surface area contributed by atoms with Gasteiger partial charge >= 0.3 is 0 Å². The number of ether oxygens (including phenoxy) is 1. The molecule has 2 rings (SSSR count). The number of hydrogen-bond acceptors (Lipinski definition) is 5. The highest BCUT2D eigenvalue weighted by Crippen LogP contribution is 2.14. The van der Waals surface area contributed by atoms with Crippen LogP contribution in [0.15, 0.2) is 42.6 Å². The molecular weight excluding hydrogens is 232 g/mol. The summed E-state index contributed by atoms with van der Waals surface area (Å²) in [7, 11) is 1.49. The number of pyridine rings is 2. The Kier molecular flexibility index (Phi) is 3.49. The third kappa shape index (κ3) is 2.44. The molecule has 0 fully saturated rings. The lowest BCUT2D eigenvalue weighted by atomic mass is 10.3. The number of amides is 1. The Morgan fingerprint density at radius 1 is 1.28 bits per heavy atom. The van der Waals surface area contributed by atoms with Crippen LogP contribution in [-0.2, 0) is 0 Å². The molecular formula is C12H12N4O2. The second-order valence-corrected chi connectivity index (χ2v) is 3.43. The predicted octanol–water partition coefficient (Wildman–Crippen LogP) is 1.01. The lowest BCUT2D eigenvalue weighted by Gasteiger charge is -2.15. The van der Waals surface area contributed by atoms with Gasteiger partial charge in [0.1, 0.15) is 5.69 Å². The number of hydrazine groups is 1. The van der Waals surface area contributed by atoms with E-state index in [2.05, 4.69) is 9.97 Å². The van der Waals surface area contributed by atoms with Crippen LogP contribution in [0.2, 0.25) is 0 Å². The number of anilines is 1. The molecule has 2 aromatic heterocycles. The van der Waals surface area contributed by atoms with Crippen LogP contribution in [0.4, 0.5) is 5.82 Å². The molecule has 18 heavy (non-hydrogen) atoms. The lowest BCUT2D eigenvalue weighted by molar-refractivity contribution is 0.0981. The molecule has 92 valence electrons. The van der Waals surface area contributed by atoms with E-state index in [0.717, 1.165) is 5.01 Å². The predicted molar refractivity (Wildman–Crippen MR) is 66.0 cm³/mol. The van der Waals surface area contributed by atoms with Crippen LogP contribution in [0.5, 0.6) is 5.88 Å². The molecule has 0 atom stereocenters. The van der Waals surface area contributed by atoms with Crippen molar-refractivity contribution in [2.75, 3.05) is 12.1 Å². The summed E-state index contributed by atoms with van der Waals surface area (Å²) in [5.41, 5.74) is 0.254. The van der Waals surface area contributed by atoms with Crippen molar-refractivity contribution in [3.8, 4) is 5.88 Å². The van der Waals surface area contributed by atoms with Gasteiger partial charge in [0.25, 0.3) is 5.91 Å². The van der Waals surface area contributed by atoms with Crippen molar-refractivity contribution in [2.45, 2.75) is 0 Å². The zero-order valence-corrected chi connectivity index (χ0v) is 9.78. The lowest BCUT2D eigenvalue weighted by Crippen LogP contribution is -2.38. The number of carbonyl (C=O) groups excluding carboxylic acids is 1. The van der Waals surface area contributed by atoms with Crippen LogP contribution in [0.1, 0.15) is 10.5 Å². The molecule has 6 heteroatoms. The highest BCUT2D eigenvalue weighted by molar-refractivity contribution is 6.03. The quantitative estimate of drug-likeness (QED) is 0.495. The van der Waals surface area contributed by atoms with Gasteiger partial charge in [-0.2, -0.15) is 4.98 Å². The van der Waals surface area contributed by atoms with Gasteiger partial charge in [-0.15, -0.1) is 0 Å². The van der Waals surface area contributed by atoms with Crippen molar-refractivity contribution in [3.63, 3.8) is 0 Å². The van der Waals surface area contributed by atoms with Gasteiger partial charge in [0.2, 0.25) is 5.88 Å². The van der Waals surface area contributed by atoms with E-state index in [1.165, 1.54) is 13.3 Å². The SMILES string of the molecule is COc1cccc(N(N)C(=O)c2ccccn2)n1. The van der Waals surface area contributed by atoms with Gasteiger partial charge in [0, 0.05) is 12.3 Å². The molecule has 0 aliphatic rings. The summed E-state index contributed by atoms with van der Waals surface area (Å²) in [6, 6.07) is 10.0. The van der Waals surface area contributed by atoms with E-state index < -0.39 is 5.91 Å². The molecule has 0 saturated heterocycles. The normalized spacial score (nSPS) is 9.89. The standard InChI is InChI=1S/C12H12N4O2/c1-18-11-7-4-6-10(15-11)16(13)12(17)9-5-2-3-8-14-9/h2-8H,13H2,1H3. The van der Waals surface area contributed by atoms with Crippen molar-refractivity contribution in [1.82, 2.24) is 9.97 Å². The van der Waals surface area contributed by atoms with Crippen LogP contribution >= 0.6 is 0 Å². The Balaban J connectivity index is 2.25. The van der Waals surface area contributed by atoms with E-state index >= 15 is 0 Å². The number of rotatable bonds is 3. The van der Waals surface area contributed by atoms with Crippen molar-refractivity contribution in [2.24, 2.45) is 5.84 Å². The maximum Gasteiger partial charge on any atom is 0.292 e. The van der Waals surface area contributed by atoms with Crippen LogP contribution in [0.3, 0.4) is 0 Å². The van der Waals surface area contributed by atoms with Crippen molar-refractivity contribution in [3.05, 3.63) is 48.3 Å². The summed E-state index contributed by atoms with van der Waals surface area (Å²) in [5, 5.41) is 0.935. The zero-order valence-electron chi connectivity index (χ0n) is 9.78. The van der Waals surface area contributed by atoms with Crippen LogP contribution in [0, 0.1) is 0 Å². The van der Waals surface area contributed by atoms with Crippen LogP contribution in [-0.4, -0.2) is 23.0 Å². The minimum Gasteiger partial charge on any atom is -0.481 e. The average molecular weight is 244 g/mol. The van der Waals surface area contributed by atoms with Crippen LogP contribution in [0.25, 0.3) is 0 Å². The number of methoxy groups -OCH3 is 1. The molecule has 0 aliphatic heterocycles. The molecule has 0 bridgehead atoms. The largest absolute Gasteiger partial charge is 0.481 e. The first-order chi connectivity index (χ1) is 8.72. The third-order valence-electron chi connectivity index (χ3n) is 2.27. The second-order valence-electron chi connectivity index (χ2n) is 3.43. The first kappa shape index (κ1) is 12.0. The van der Waals surface area contributed by atoms with E-state index in [-0.39, 0.29) is 5.69 Å². The second kappa shape index (κ2) is 5.24. The summed E-state index contributed by atoms with van der Waals surface area (Å²) in [5.74, 6) is 5.97. The fraction of sp³-hybridized carbons (Fsp3) is 0.0833. The van der Waals surface area contributed by atoms with Gasteiger partial charge in [-0.1, -0.05) is 12.1 Å². The number of hydrogen-bond donors (Lipinski definition) is 1. The Morgan fingerprint density at radius 3 is 2.78 bits per heavy atom. The Hall–Kier alpha value is -2.47. The van der Waals surface area contributed by atoms with E-state index in [4.69, 9.17) is 10.6 Å². The van der Waals surface area contributed by atoms with E-state index in [9.17, 15) is 4.79 Å². The van der Waals surface area contributed by atoms with E-state index in [0.29, 0.717) is 11.7 Å². The number of carbonyl (C=O) groups is 1. The molecule has 0 unspecified atom stereocenters. The first-order valence-electron chi connectivity index (χ1n) is 5.23.